The summed E-state index contributed by atoms with van der Waals surface area (Å²) >= 11 is 0. The molecule has 0 amide bonds. The van der Waals surface area contributed by atoms with Crippen molar-refractivity contribution in [2.24, 2.45) is 5.92 Å². The summed E-state index contributed by atoms with van der Waals surface area (Å²) < 4.78 is 5.96. The normalized spacial score (nSPS) is 13.5. The average molecular weight is 512 g/mol. The van der Waals surface area contributed by atoms with Crippen LogP contribution >= 0.6 is 0 Å². The Labute approximate surface area is 224 Å². The number of nitrogens with zero attached hydrogens (tertiary/aromatic N) is 1. The number of hydrogen-bond donors (Lipinski definition) is 0. The third-order valence-electron chi connectivity index (χ3n) is 7.07. The van der Waals surface area contributed by atoms with Crippen molar-refractivity contribution in [3.63, 3.8) is 0 Å². The molecule has 5 heteroatoms. The van der Waals surface area contributed by atoms with Gasteiger partial charge in [0.25, 0.3) is 0 Å². The van der Waals surface area contributed by atoms with Crippen LogP contribution in [-0.2, 0) is 14.3 Å². The summed E-state index contributed by atoms with van der Waals surface area (Å²) in [6.07, 6.45) is 24.6. The molecule has 0 aliphatic carbocycles. The number of unbranched alkanes of at least 4 members (excludes halogenated alkanes) is 15. The summed E-state index contributed by atoms with van der Waals surface area (Å²) in [4.78, 5) is 23.0. The van der Waals surface area contributed by atoms with Crippen molar-refractivity contribution >= 4 is 11.9 Å². The first-order valence-electron chi connectivity index (χ1n) is 15.3. The van der Waals surface area contributed by atoms with Crippen molar-refractivity contribution in [3.8, 4) is 0 Å². The van der Waals surface area contributed by atoms with Crippen LogP contribution in [0.4, 0.5) is 0 Å². The van der Waals surface area contributed by atoms with Gasteiger partial charge < -0.3 is 19.1 Å². The number of carbonyl (C=O) groups excluding carboxylic acids is 2. The lowest BCUT2D eigenvalue weighted by atomic mass is 9.95. The largest absolute Gasteiger partial charge is 0.550 e. The van der Waals surface area contributed by atoms with Crippen LogP contribution in [0.1, 0.15) is 149 Å². The summed E-state index contributed by atoms with van der Waals surface area (Å²) in [7, 11) is 5.86. The lowest BCUT2D eigenvalue weighted by molar-refractivity contribution is -0.873. The summed E-state index contributed by atoms with van der Waals surface area (Å²) in [6, 6.07) is 0. The number of likely N-dealkylation sites (N-methyl/N-ethyl adjacent to an activating group) is 1. The molecule has 0 aromatic rings. The molecule has 0 aromatic carbocycles. The van der Waals surface area contributed by atoms with E-state index in [0.29, 0.717) is 17.4 Å². The minimum absolute atomic E-state index is 0.237. The number of ether oxygens (including phenoxy) is 1. The second-order valence-electron chi connectivity index (χ2n) is 12.3. The zero-order valence-corrected chi connectivity index (χ0v) is 24.8. The molecule has 0 heterocycles. The molecule has 0 fully saturated rings. The van der Waals surface area contributed by atoms with E-state index in [0.717, 1.165) is 25.2 Å². The first-order valence-corrected chi connectivity index (χ1v) is 15.3. The van der Waals surface area contributed by atoms with Crippen LogP contribution in [0.15, 0.2) is 0 Å². The van der Waals surface area contributed by atoms with Gasteiger partial charge in [-0.3, -0.25) is 4.79 Å². The van der Waals surface area contributed by atoms with E-state index in [4.69, 9.17) is 4.74 Å². The molecule has 0 rings (SSSR count). The smallest absolute Gasteiger partial charge is 0.306 e. The van der Waals surface area contributed by atoms with Crippen LogP contribution in [0.5, 0.6) is 0 Å². The van der Waals surface area contributed by atoms with Crippen molar-refractivity contribution in [3.05, 3.63) is 0 Å². The molecule has 214 valence electrons. The minimum atomic E-state index is -1.17. The molecule has 0 spiro atoms. The Morgan fingerprint density at radius 3 is 1.53 bits per heavy atom. The van der Waals surface area contributed by atoms with Gasteiger partial charge in [0.15, 0.2) is 6.10 Å². The number of aliphatic carboxylic acids is 1. The third kappa shape index (κ3) is 26.0. The van der Waals surface area contributed by atoms with Gasteiger partial charge in [-0.1, -0.05) is 129 Å². The molecular weight excluding hydrogens is 450 g/mol. The molecule has 2 atom stereocenters. The van der Waals surface area contributed by atoms with E-state index in [1.54, 1.807) is 0 Å². The molecule has 5 nitrogen and oxygen atoms in total. The van der Waals surface area contributed by atoms with Gasteiger partial charge in [-0.15, -0.1) is 0 Å². The number of carboxylic acid groups (broad SMARTS) is 1. The van der Waals surface area contributed by atoms with Gasteiger partial charge >= 0.3 is 5.97 Å². The predicted molar refractivity (Wildman–Crippen MR) is 150 cm³/mol. The number of carbonyl (C=O) groups is 2. The molecule has 0 saturated heterocycles. The van der Waals surface area contributed by atoms with E-state index in [1.807, 2.05) is 21.1 Å². The fourth-order valence-electron chi connectivity index (χ4n) is 4.96. The van der Waals surface area contributed by atoms with Gasteiger partial charge in [-0.25, -0.2) is 0 Å². The number of hydrogen-bond acceptors (Lipinski definition) is 4. The summed E-state index contributed by atoms with van der Waals surface area (Å²) in [6.45, 7) is 5.19. The first-order chi connectivity index (χ1) is 17.1. The van der Waals surface area contributed by atoms with Crippen LogP contribution in [0, 0.1) is 5.92 Å². The Morgan fingerprint density at radius 1 is 0.694 bits per heavy atom. The molecule has 0 aromatic heterocycles. The summed E-state index contributed by atoms with van der Waals surface area (Å²) in [5, 5.41) is 10.9. The van der Waals surface area contributed by atoms with E-state index in [9.17, 15) is 14.7 Å². The molecule has 2 unspecified atom stereocenters. The highest BCUT2D eigenvalue weighted by Gasteiger charge is 2.22. The van der Waals surface area contributed by atoms with Crippen molar-refractivity contribution in [1.82, 2.24) is 0 Å². The number of esters is 1. The molecule has 0 aliphatic heterocycles. The van der Waals surface area contributed by atoms with E-state index < -0.39 is 12.1 Å². The Morgan fingerprint density at radius 2 is 1.11 bits per heavy atom. The quantitative estimate of drug-likeness (QED) is 0.0699. The second-order valence-corrected chi connectivity index (χ2v) is 12.3. The van der Waals surface area contributed by atoms with E-state index >= 15 is 0 Å². The minimum Gasteiger partial charge on any atom is -0.550 e. The van der Waals surface area contributed by atoms with Crippen molar-refractivity contribution < 1.29 is 23.9 Å². The third-order valence-corrected chi connectivity index (χ3v) is 7.07. The lowest BCUT2D eigenvalue weighted by Crippen LogP contribution is -2.45. The zero-order valence-electron chi connectivity index (χ0n) is 24.8. The highest BCUT2D eigenvalue weighted by Crippen LogP contribution is 2.19. The Hall–Kier alpha value is -1.10. The highest BCUT2D eigenvalue weighted by molar-refractivity contribution is 5.70. The van der Waals surface area contributed by atoms with Gasteiger partial charge in [0.05, 0.1) is 21.1 Å². The van der Waals surface area contributed by atoms with Crippen molar-refractivity contribution in [1.29, 1.82) is 0 Å². The van der Waals surface area contributed by atoms with Gasteiger partial charge in [-0.05, 0) is 12.3 Å². The highest BCUT2D eigenvalue weighted by atomic mass is 16.5. The molecule has 0 aliphatic rings. The maximum absolute atomic E-state index is 12.1. The molecular formula is C31H61NO4. The van der Waals surface area contributed by atoms with Gasteiger partial charge in [0.1, 0.15) is 6.54 Å². The average Bonchev–Trinajstić information content (AvgIpc) is 2.77. The van der Waals surface area contributed by atoms with Gasteiger partial charge in [0, 0.05) is 18.8 Å². The Balaban J connectivity index is 3.53. The first kappa shape index (κ1) is 34.9. The van der Waals surface area contributed by atoms with Crippen LogP contribution in [0.3, 0.4) is 0 Å². The second kappa shape index (κ2) is 23.0. The van der Waals surface area contributed by atoms with Crippen molar-refractivity contribution in [2.45, 2.75) is 155 Å². The zero-order chi connectivity index (χ0) is 27.1. The van der Waals surface area contributed by atoms with Crippen LogP contribution in [0.25, 0.3) is 0 Å². The standard InChI is InChI=1S/C31H61NO4/c1-6-7-8-9-10-14-17-20-23-28(2)24-21-18-15-12-11-13-16-19-22-25-31(35)36-29(26-30(33)34)27-32(3,4)5/h28-29H,6-27H2,1-5H3. The number of rotatable bonds is 26. The lowest BCUT2D eigenvalue weighted by Gasteiger charge is -2.29. The topological polar surface area (TPSA) is 66.4 Å². The predicted octanol–water partition coefficient (Wildman–Crippen LogP) is 7.20. The van der Waals surface area contributed by atoms with Crippen LogP contribution < -0.4 is 5.11 Å². The fraction of sp³-hybridized carbons (Fsp3) is 0.935. The van der Waals surface area contributed by atoms with E-state index in [-0.39, 0.29) is 12.4 Å². The monoisotopic (exact) mass is 511 g/mol. The van der Waals surface area contributed by atoms with E-state index in [2.05, 4.69) is 13.8 Å². The van der Waals surface area contributed by atoms with Crippen LogP contribution in [-0.4, -0.2) is 50.2 Å². The Bertz CT molecular complexity index is 529. The molecule has 0 saturated carbocycles. The molecule has 0 radical (unpaired) electrons. The SMILES string of the molecule is CCCCCCCCCCC(C)CCCCCCCCCCCC(=O)OC(CC(=O)[O-])C[N+](C)(C)C. The number of quaternary nitrogens is 1. The Kier molecular flexibility index (Phi) is 22.3. The molecule has 0 N–H and O–H groups in total. The molecule has 36 heavy (non-hydrogen) atoms. The summed E-state index contributed by atoms with van der Waals surface area (Å²) in [5.41, 5.74) is 0. The maximum Gasteiger partial charge on any atom is 0.306 e. The van der Waals surface area contributed by atoms with Gasteiger partial charge in [-0.2, -0.15) is 0 Å². The summed E-state index contributed by atoms with van der Waals surface area (Å²) in [5.74, 6) is -0.568. The van der Waals surface area contributed by atoms with Gasteiger partial charge in [0.2, 0.25) is 0 Å². The molecule has 0 bridgehead atoms. The number of carboxylic acids is 1. The van der Waals surface area contributed by atoms with Crippen LogP contribution in [0.2, 0.25) is 0 Å². The maximum atomic E-state index is 12.1. The fourth-order valence-corrected chi connectivity index (χ4v) is 4.96. The van der Waals surface area contributed by atoms with E-state index in [1.165, 1.54) is 103 Å². The van der Waals surface area contributed by atoms with Crippen molar-refractivity contribution in [2.75, 3.05) is 27.7 Å².